The Balaban J connectivity index is 4.14. The Labute approximate surface area is 359 Å². The highest BCUT2D eigenvalue weighted by molar-refractivity contribution is 7.47. The molecule has 10 heteroatoms. The van der Waals surface area contributed by atoms with E-state index in [4.69, 9.17) is 18.5 Å². The fraction of sp³-hybridized carbons (Fsp3) is 0.958. The Bertz CT molecular complexity index is 958. The summed E-state index contributed by atoms with van der Waals surface area (Å²) in [6.07, 6.45) is 43.0. The summed E-state index contributed by atoms with van der Waals surface area (Å²) in [6.45, 7) is 4.47. The van der Waals surface area contributed by atoms with Gasteiger partial charge in [0.15, 0.2) is 6.10 Å². The fourth-order valence-corrected chi connectivity index (χ4v) is 7.99. The van der Waals surface area contributed by atoms with Gasteiger partial charge in [-0.2, -0.15) is 0 Å². The molecule has 0 aliphatic heterocycles. The number of phosphoric acid groups is 1. The third kappa shape index (κ3) is 44.6. The monoisotopic (exact) mass is 847 g/mol. The van der Waals surface area contributed by atoms with Crippen LogP contribution >= 0.6 is 7.82 Å². The summed E-state index contributed by atoms with van der Waals surface area (Å²) in [5.41, 5.74) is 0. The van der Waals surface area contributed by atoms with Gasteiger partial charge in [-0.05, 0) is 12.8 Å². The molecule has 2 unspecified atom stereocenters. The Hall–Kier alpha value is -0.990. The maximum Gasteiger partial charge on any atom is 0.472 e. The molecule has 346 valence electrons. The molecule has 1 N–H and O–H groups in total. The van der Waals surface area contributed by atoms with Crippen molar-refractivity contribution in [1.29, 1.82) is 0 Å². The lowest BCUT2D eigenvalue weighted by molar-refractivity contribution is -0.870. The van der Waals surface area contributed by atoms with E-state index in [-0.39, 0.29) is 25.6 Å². The van der Waals surface area contributed by atoms with Crippen LogP contribution in [-0.2, 0) is 32.7 Å². The van der Waals surface area contributed by atoms with Crippen molar-refractivity contribution in [2.45, 2.75) is 251 Å². The minimum Gasteiger partial charge on any atom is -0.462 e. The van der Waals surface area contributed by atoms with Crippen LogP contribution in [0.4, 0.5) is 0 Å². The summed E-state index contributed by atoms with van der Waals surface area (Å²) in [5.74, 6) is -0.781. The van der Waals surface area contributed by atoms with Crippen LogP contribution in [0.25, 0.3) is 0 Å². The van der Waals surface area contributed by atoms with Crippen LogP contribution in [-0.4, -0.2) is 74.9 Å². The average Bonchev–Trinajstić information content (AvgIpc) is 3.17. The van der Waals surface area contributed by atoms with E-state index >= 15 is 0 Å². The lowest BCUT2D eigenvalue weighted by Crippen LogP contribution is -2.37. The SMILES string of the molecule is CCCCCCCCCCCCCCCCCCCCCCCCC(=O)OCC(COP(=O)(O)OCC[N+](C)(C)C)OC(=O)CCCCCCCCCCCCCC. The number of likely N-dealkylation sites (N-methyl/N-ethyl adjacent to an activating group) is 1. The Morgan fingerprint density at radius 2 is 0.776 bits per heavy atom. The van der Waals surface area contributed by atoms with E-state index in [1.807, 2.05) is 21.1 Å². The molecule has 9 nitrogen and oxygen atoms in total. The summed E-state index contributed by atoms with van der Waals surface area (Å²) < 4.78 is 34.4. The molecule has 58 heavy (non-hydrogen) atoms. The molecule has 0 aliphatic carbocycles. The number of quaternary nitrogens is 1. The smallest absolute Gasteiger partial charge is 0.462 e. The number of phosphoric ester groups is 1. The Kier molecular flexibility index (Phi) is 40.7. The van der Waals surface area contributed by atoms with Gasteiger partial charge in [0.25, 0.3) is 0 Å². The minimum absolute atomic E-state index is 0.0369. The molecular weight excluding hydrogens is 750 g/mol. The van der Waals surface area contributed by atoms with Crippen LogP contribution in [0.2, 0.25) is 0 Å². The van der Waals surface area contributed by atoms with Crippen molar-refractivity contribution in [2.24, 2.45) is 0 Å². The number of esters is 2. The first-order chi connectivity index (χ1) is 28.0. The highest BCUT2D eigenvalue weighted by Gasteiger charge is 2.27. The second-order valence-corrected chi connectivity index (χ2v) is 19.7. The van der Waals surface area contributed by atoms with Crippen LogP contribution in [0, 0.1) is 0 Å². The molecule has 0 saturated heterocycles. The van der Waals surface area contributed by atoms with Crippen molar-refractivity contribution < 1.29 is 42.1 Å². The summed E-state index contributed by atoms with van der Waals surface area (Å²) in [5, 5.41) is 0. The number of nitrogens with zero attached hydrogens (tertiary/aromatic N) is 1. The first kappa shape index (κ1) is 57.0. The van der Waals surface area contributed by atoms with E-state index < -0.39 is 26.5 Å². The fourth-order valence-electron chi connectivity index (χ4n) is 7.25. The molecule has 0 aromatic rings. The van der Waals surface area contributed by atoms with Gasteiger partial charge in [-0.15, -0.1) is 0 Å². The summed E-state index contributed by atoms with van der Waals surface area (Å²) in [4.78, 5) is 35.4. The molecule has 0 radical (unpaired) electrons. The van der Waals surface area contributed by atoms with E-state index in [0.29, 0.717) is 17.4 Å². The molecule has 0 rings (SSSR count). The number of rotatable bonds is 46. The van der Waals surface area contributed by atoms with Crippen LogP contribution in [0.1, 0.15) is 245 Å². The predicted octanol–water partition coefficient (Wildman–Crippen LogP) is 14.4. The van der Waals surface area contributed by atoms with Crippen LogP contribution < -0.4 is 0 Å². The molecule has 0 spiro atoms. The second-order valence-electron chi connectivity index (χ2n) is 18.2. The van der Waals surface area contributed by atoms with Gasteiger partial charge in [-0.1, -0.05) is 219 Å². The first-order valence-electron chi connectivity index (χ1n) is 24.8. The molecular formula is C48H97NO8P+. The van der Waals surface area contributed by atoms with E-state index in [0.717, 1.165) is 38.5 Å². The highest BCUT2D eigenvalue weighted by Crippen LogP contribution is 2.43. The largest absolute Gasteiger partial charge is 0.472 e. The summed E-state index contributed by atoms with van der Waals surface area (Å²) in [6, 6.07) is 0. The van der Waals surface area contributed by atoms with Crippen LogP contribution in [0.5, 0.6) is 0 Å². The van der Waals surface area contributed by atoms with Gasteiger partial charge in [-0.25, -0.2) is 4.57 Å². The molecule has 0 bridgehead atoms. The maximum absolute atomic E-state index is 12.7. The Morgan fingerprint density at radius 3 is 1.10 bits per heavy atom. The molecule has 0 amide bonds. The van der Waals surface area contributed by atoms with E-state index in [9.17, 15) is 19.0 Å². The lowest BCUT2D eigenvalue weighted by Gasteiger charge is -2.24. The normalized spacial score (nSPS) is 13.4. The van der Waals surface area contributed by atoms with Gasteiger partial charge in [-0.3, -0.25) is 18.6 Å². The van der Waals surface area contributed by atoms with Crippen molar-refractivity contribution in [3.8, 4) is 0 Å². The van der Waals surface area contributed by atoms with Crippen molar-refractivity contribution in [3.63, 3.8) is 0 Å². The van der Waals surface area contributed by atoms with Gasteiger partial charge in [0, 0.05) is 12.8 Å². The van der Waals surface area contributed by atoms with Crippen molar-refractivity contribution >= 4 is 19.8 Å². The van der Waals surface area contributed by atoms with E-state index in [1.54, 1.807) is 0 Å². The van der Waals surface area contributed by atoms with Gasteiger partial charge >= 0.3 is 19.8 Å². The Morgan fingerprint density at radius 1 is 0.466 bits per heavy atom. The van der Waals surface area contributed by atoms with Crippen molar-refractivity contribution in [3.05, 3.63) is 0 Å². The minimum atomic E-state index is -4.37. The number of hydrogen-bond acceptors (Lipinski definition) is 7. The quantitative estimate of drug-likeness (QED) is 0.0279. The number of unbranched alkanes of at least 4 members (excludes halogenated alkanes) is 32. The third-order valence-electron chi connectivity index (χ3n) is 11.1. The molecule has 0 fully saturated rings. The standard InChI is InChI=1S/C48H96NO8P/c1-6-8-10-12-14-16-18-20-21-22-23-24-25-26-27-28-29-31-32-34-36-38-40-47(50)54-44-46(45-56-58(52,53)55-43-42-49(3,4)5)57-48(51)41-39-37-35-33-30-19-17-15-13-11-9-7-2/h46H,6-45H2,1-5H3/p+1. The number of ether oxygens (including phenoxy) is 2. The van der Waals surface area contributed by atoms with Crippen LogP contribution in [0.3, 0.4) is 0 Å². The summed E-state index contributed by atoms with van der Waals surface area (Å²) in [7, 11) is 1.50. The van der Waals surface area contributed by atoms with Gasteiger partial charge < -0.3 is 18.9 Å². The zero-order valence-electron chi connectivity index (χ0n) is 39.1. The third-order valence-corrected chi connectivity index (χ3v) is 12.1. The molecule has 0 saturated carbocycles. The molecule has 2 atom stereocenters. The number of hydrogen-bond donors (Lipinski definition) is 1. The van der Waals surface area contributed by atoms with Gasteiger partial charge in [0.2, 0.25) is 0 Å². The predicted molar refractivity (Wildman–Crippen MR) is 243 cm³/mol. The zero-order valence-corrected chi connectivity index (χ0v) is 40.0. The van der Waals surface area contributed by atoms with Crippen molar-refractivity contribution in [2.75, 3.05) is 47.5 Å². The molecule has 0 aromatic heterocycles. The molecule has 0 aliphatic rings. The average molecular weight is 847 g/mol. The topological polar surface area (TPSA) is 108 Å². The molecule has 0 heterocycles. The number of carbonyl (C=O) groups excluding carboxylic acids is 2. The maximum atomic E-state index is 12.7. The van der Waals surface area contributed by atoms with E-state index in [1.165, 1.54) is 180 Å². The number of carbonyl (C=O) groups is 2. The highest BCUT2D eigenvalue weighted by atomic mass is 31.2. The van der Waals surface area contributed by atoms with Crippen molar-refractivity contribution in [1.82, 2.24) is 0 Å². The lowest BCUT2D eigenvalue weighted by atomic mass is 10.0. The van der Waals surface area contributed by atoms with E-state index in [2.05, 4.69) is 13.8 Å². The second kappa shape index (κ2) is 41.4. The molecule has 0 aromatic carbocycles. The van der Waals surface area contributed by atoms with Crippen LogP contribution in [0.15, 0.2) is 0 Å². The first-order valence-corrected chi connectivity index (χ1v) is 26.3. The zero-order chi connectivity index (χ0) is 42.8. The van der Waals surface area contributed by atoms with Gasteiger partial charge in [0.1, 0.15) is 19.8 Å². The summed E-state index contributed by atoms with van der Waals surface area (Å²) >= 11 is 0. The van der Waals surface area contributed by atoms with Gasteiger partial charge in [0.05, 0.1) is 27.7 Å².